The maximum absolute atomic E-state index is 9.14. The van der Waals surface area contributed by atoms with Gasteiger partial charge in [0.05, 0.1) is 25.0 Å². The predicted molar refractivity (Wildman–Crippen MR) is 54.0 cm³/mol. The molecule has 2 rings (SSSR count). The van der Waals surface area contributed by atoms with E-state index in [9.17, 15) is 0 Å². The van der Waals surface area contributed by atoms with Crippen LogP contribution in [0.1, 0.15) is 18.7 Å². The number of morpholine rings is 1. The van der Waals surface area contributed by atoms with E-state index in [1.54, 1.807) is 6.26 Å². The first-order chi connectivity index (χ1) is 7.31. The Labute approximate surface area is 89.0 Å². The maximum atomic E-state index is 9.14. The number of hydrogen-bond acceptors (Lipinski definition) is 4. The highest BCUT2D eigenvalue weighted by Gasteiger charge is 2.26. The second-order valence-corrected chi connectivity index (χ2v) is 3.72. The molecule has 2 atom stereocenters. The molecule has 1 aromatic rings. The minimum Gasteiger partial charge on any atom is -0.467 e. The van der Waals surface area contributed by atoms with E-state index in [2.05, 4.69) is 11.0 Å². The molecule has 1 aromatic heterocycles. The summed E-state index contributed by atoms with van der Waals surface area (Å²) in [5.41, 5.74) is 0. The summed E-state index contributed by atoms with van der Waals surface area (Å²) in [5, 5.41) is 9.14. The van der Waals surface area contributed by atoms with Gasteiger partial charge in [0, 0.05) is 13.1 Å². The minimum absolute atomic E-state index is 0.185. The van der Waals surface area contributed by atoms with Crippen molar-refractivity contribution < 1.29 is 9.15 Å². The van der Waals surface area contributed by atoms with Gasteiger partial charge in [-0.25, -0.2) is 0 Å². The van der Waals surface area contributed by atoms with Crippen LogP contribution in [0, 0.1) is 11.3 Å². The molecule has 4 heteroatoms. The Morgan fingerprint density at radius 1 is 1.67 bits per heavy atom. The summed E-state index contributed by atoms with van der Waals surface area (Å²) in [5.74, 6) is 0.714. The van der Waals surface area contributed by atoms with Gasteiger partial charge in [-0.3, -0.25) is 4.90 Å². The molecule has 0 radical (unpaired) electrons. The zero-order valence-electron chi connectivity index (χ0n) is 8.72. The van der Waals surface area contributed by atoms with Crippen molar-refractivity contribution >= 4 is 0 Å². The second-order valence-electron chi connectivity index (χ2n) is 3.72. The normalized spacial score (nSPS) is 24.7. The molecule has 15 heavy (non-hydrogen) atoms. The first-order valence-corrected chi connectivity index (χ1v) is 5.10. The third-order valence-corrected chi connectivity index (χ3v) is 2.57. The highest BCUT2D eigenvalue weighted by molar-refractivity contribution is 5.13. The number of furan rings is 1. The van der Waals surface area contributed by atoms with E-state index in [-0.39, 0.29) is 12.1 Å². The largest absolute Gasteiger partial charge is 0.467 e. The van der Waals surface area contributed by atoms with Gasteiger partial charge in [0.1, 0.15) is 5.76 Å². The van der Waals surface area contributed by atoms with Crippen molar-refractivity contribution in [2.24, 2.45) is 0 Å². The molecular formula is C11H14N2O2. The lowest BCUT2D eigenvalue weighted by Gasteiger charge is -2.33. The van der Waals surface area contributed by atoms with Crippen LogP contribution in [0.3, 0.4) is 0 Å². The molecule has 0 unspecified atom stereocenters. The van der Waals surface area contributed by atoms with Crippen molar-refractivity contribution in [3.63, 3.8) is 0 Å². The molecule has 2 heterocycles. The fraction of sp³-hybridized carbons (Fsp3) is 0.545. The van der Waals surface area contributed by atoms with E-state index in [1.807, 2.05) is 19.1 Å². The summed E-state index contributed by atoms with van der Waals surface area (Å²) in [6, 6.07) is 5.64. The molecule has 0 amide bonds. The van der Waals surface area contributed by atoms with Gasteiger partial charge in [-0.2, -0.15) is 5.26 Å². The first-order valence-electron chi connectivity index (χ1n) is 5.10. The van der Waals surface area contributed by atoms with Crippen LogP contribution in [0.25, 0.3) is 0 Å². The molecule has 80 valence electrons. The molecule has 0 aromatic carbocycles. The van der Waals surface area contributed by atoms with Crippen LogP contribution in [0.4, 0.5) is 0 Å². The molecule has 1 aliphatic heterocycles. The Kier molecular flexibility index (Phi) is 3.05. The van der Waals surface area contributed by atoms with Crippen molar-refractivity contribution in [1.82, 2.24) is 4.90 Å². The lowest BCUT2D eigenvalue weighted by atomic mass is 10.2. The monoisotopic (exact) mass is 206 g/mol. The van der Waals surface area contributed by atoms with E-state index in [0.717, 1.165) is 13.1 Å². The third kappa shape index (κ3) is 2.20. The van der Waals surface area contributed by atoms with Crippen molar-refractivity contribution in [3.8, 4) is 6.07 Å². The molecule has 1 aliphatic rings. The maximum Gasteiger partial charge on any atom is 0.157 e. The van der Waals surface area contributed by atoms with Crippen molar-refractivity contribution in [2.45, 2.75) is 19.1 Å². The summed E-state index contributed by atoms with van der Waals surface area (Å²) >= 11 is 0. The van der Waals surface area contributed by atoms with Gasteiger partial charge in [-0.15, -0.1) is 0 Å². The van der Waals surface area contributed by atoms with E-state index >= 15 is 0 Å². The van der Waals surface area contributed by atoms with E-state index < -0.39 is 0 Å². The Balaban J connectivity index is 2.10. The number of hydrogen-bond donors (Lipinski definition) is 0. The van der Waals surface area contributed by atoms with E-state index in [1.165, 1.54) is 0 Å². The Hall–Kier alpha value is -1.31. The van der Waals surface area contributed by atoms with Gasteiger partial charge in [0.15, 0.2) is 6.04 Å². The Morgan fingerprint density at radius 3 is 3.13 bits per heavy atom. The van der Waals surface area contributed by atoms with Gasteiger partial charge >= 0.3 is 0 Å². The average molecular weight is 206 g/mol. The SMILES string of the molecule is C[C@H]1CN([C@@H](C#N)c2ccco2)CCO1. The first kappa shape index (κ1) is 10.2. The molecule has 1 fully saturated rings. The smallest absolute Gasteiger partial charge is 0.157 e. The third-order valence-electron chi connectivity index (χ3n) is 2.57. The number of nitrogens with zero attached hydrogens (tertiary/aromatic N) is 2. The highest BCUT2D eigenvalue weighted by atomic mass is 16.5. The fourth-order valence-corrected chi connectivity index (χ4v) is 1.85. The van der Waals surface area contributed by atoms with Crippen LogP contribution in [0.2, 0.25) is 0 Å². The summed E-state index contributed by atoms with van der Waals surface area (Å²) in [4.78, 5) is 2.09. The topological polar surface area (TPSA) is 49.4 Å². The highest BCUT2D eigenvalue weighted by Crippen LogP contribution is 2.22. The molecule has 0 saturated carbocycles. The van der Waals surface area contributed by atoms with Gasteiger partial charge in [0.2, 0.25) is 0 Å². The average Bonchev–Trinajstić information content (AvgIpc) is 2.72. The summed E-state index contributed by atoms with van der Waals surface area (Å²) in [6.07, 6.45) is 1.79. The van der Waals surface area contributed by atoms with Crippen molar-refractivity contribution in [2.75, 3.05) is 19.7 Å². The molecule has 0 bridgehead atoms. The minimum atomic E-state index is -0.286. The van der Waals surface area contributed by atoms with Gasteiger partial charge in [0.25, 0.3) is 0 Å². The molecular weight excluding hydrogens is 192 g/mol. The predicted octanol–water partition coefficient (Wildman–Crippen LogP) is 1.56. The zero-order valence-corrected chi connectivity index (χ0v) is 8.72. The lowest BCUT2D eigenvalue weighted by molar-refractivity contribution is -0.0292. The number of rotatable bonds is 2. The van der Waals surface area contributed by atoms with Crippen molar-refractivity contribution in [3.05, 3.63) is 24.2 Å². The standard InChI is InChI=1S/C11H14N2O2/c1-9-8-13(4-6-14-9)10(7-12)11-3-2-5-15-11/h2-3,5,9-10H,4,6,8H2,1H3/t9-,10-/m0/s1. The Bertz CT molecular complexity index is 342. The van der Waals surface area contributed by atoms with Gasteiger partial charge in [-0.05, 0) is 19.1 Å². The van der Waals surface area contributed by atoms with Crippen LogP contribution in [-0.4, -0.2) is 30.7 Å². The summed E-state index contributed by atoms with van der Waals surface area (Å²) < 4.78 is 10.7. The molecule has 0 N–H and O–H groups in total. The van der Waals surface area contributed by atoms with Crippen LogP contribution in [0.15, 0.2) is 22.8 Å². The quantitative estimate of drug-likeness (QED) is 0.737. The molecule has 4 nitrogen and oxygen atoms in total. The summed E-state index contributed by atoms with van der Waals surface area (Å²) in [7, 11) is 0. The van der Waals surface area contributed by atoms with Crippen molar-refractivity contribution in [1.29, 1.82) is 5.26 Å². The van der Waals surface area contributed by atoms with Gasteiger partial charge < -0.3 is 9.15 Å². The summed E-state index contributed by atoms with van der Waals surface area (Å²) in [6.45, 7) is 4.25. The van der Waals surface area contributed by atoms with Crippen LogP contribution >= 0.6 is 0 Å². The molecule has 0 aliphatic carbocycles. The number of ether oxygens (including phenoxy) is 1. The second kappa shape index (κ2) is 4.47. The molecule has 1 saturated heterocycles. The lowest BCUT2D eigenvalue weighted by Crippen LogP contribution is -2.42. The molecule has 0 spiro atoms. The van der Waals surface area contributed by atoms with Gasteiger partial charge in [-0.1, -0.05) is 0 Å². The zero-order chi connectivity index (χ0) is 10.7. The number of nitriles is 1. The fourth-order valence-electron chi connectivity index (χ4n) is 1.85. The van der Waals surface area contributed by atoms with Crippen LogP contribution in [0.5, 0.6) is 0 Å². The Morgan fingerprint density at radius 2 is 2.53 bits per heavy atom. The van der Waals surface area contributed by atoms with E-state index in [4.69, 9.17) is 14.4 Å². The van der Waals surface area contributed by atoms with E-state index in [0.29, 0.717) is 12.4 Å². The van der Waals surface area contributed by atoms with Crippen LogP contribution < -0.4 is 0 Å². The van der Waals surface area contributed by atoms with Crippen LogP contribution in [-0.2, 0) is 4.74 Å².